The zero-order chi connectivity index (χ0) is 49.5. The third kappa shape index (κ3) is 21.4. The number of allylic oxidation sites excluding steroid dienone is 12. The molecule has 0 aliphatic carbocycles. The monoisotopic (exact) mass is 953 g/mol. The van der Waals surface area contributed by atoms with Gasteiger partial charge in [0, 0.05) is 51.7 Å². The Labute approximate surface area is 393 Å². The van der Waals surface area contributed by atoms with E-state index < -0.39 is 135 Å². The highest BCUT2D eigenvalue weighted by atomic mass is 16.7. The summed E-state index contributed by atoms with van der Waals surface area (Å²) in [4.78, 5) is 26.1. The van der Waals surface area contributed by atoms with Gasteiger partial charge in [-0.15, -0.1) is 0 Å². The van der Waals surface area contributed by atoms with Crippen LogP contribution < -0.4 is 11.1 Å². The number of aliphatic hydroxyl groups is 10. The molecular weight excluding hydrogens is 877 g/mol. The fraction of sp³-hybridized carbons (Fsp3) is 0.667. The molecule has 19 heteroatoms. The maximum Gasteiger partial charge on any atom is 0.308 e. The van der Waals surface area contributed by atoms with Crippen LogP contribution in [0.1, 0.15) is 71.6 Å². The third-order valence-electron chi connectivity index (χ3n) is 11.7. The van der Waals surface area contributed by atoms with Crippen molar-refractivity contribution in [2.75, 3.05) is 26.9 Å². The van der Waals surface area contributed by atoms with Gasteiger partial charge in [0.1, 0.15) is 12.2 Å². The minimum atomic E-state index is -2.27. The first-order valence-corrected chi connectivity index (χ1v) is 23.0. The second-order valence-electron chi connectivity index (χ2n) is 17.6. The van der Waals surface area contributed by atoms with Gasteiger partial charge in [-0.1, -0.05) is 92.0 Å². The van der Waals surface area contributed by atoms with Crippen LogP contribution in [0.25, 0.3) is 0 Å². The lowest BCUT2D eigenvalue weighted by Gasteiger charge is -2.45. The van der Waals surface area contributed by atoms with E-state index in [1.165, 1.54) is 7.11 Å². The van der Waals surface area contributed by atoms with E-state index >= 15 is 0 Å². The van der Waals surface area contributed by atoms with E-state index in [1.807, 2.05) is 37.3 Å². The molecular formula is C48H76N2O17. The number of aliphatic hydroxyl groups excluding tert-OH is 9. The van der Waals surface area contributed by atoms with E-state index in [0.29, 0.717) is 0 Å². The molecule has 19 nitrogen and oxygen atoms in total. The molecule has 1 amide bonds. The van der Waals surface area contributed by atoms with Gasteiger partial charge in [-0.05, 0) is 26.2 Å². The number of esters is 1. The molecule has 3 aliphatic heterocycles. The smallest absolute Gasteiger partial charge is 0.308 e. The zero-order valence-corrected chi connectivity index (χ0v) is 38.7. The molecule has 3 aliphatic rings. The lowest BCUT2D eigenvalue weighted by atomic mass is 9.82. The molecule has 8 unspecified atom stereocenters. The second kappa shape index (κ2) is 30.2. The summed E-state index contributed by atoms with van der Waals surface area (Å²) in [6, 6.07) is -1.11. The van der Waals surface area contributed by atoms with E-state index in [-0.39, 0.29) is 57.8 Å². The van der Waals surface area contributed by atoms with Crippen molar-refractivity contribution in [2.24, 2.45) is 17.6 Å². The standard InChI is InChI=1S/C48H76N2O17/c1-30-16-14-12-10-8-6-4-5-7-9-11-13-15-17-35(66-47-45(60)44(49)40(58)29-64-47)26-41-43(46(61)50-20-21-63-3)39(57)28-48(62,67-41)27-34(53)24-38(56)36(54)19-18-32(51)23-33(52)25-42(59)65-31(2)22-37(30)55/h4-17,30-41,43-45,47,51-58,60,62H,18-29,49H2,1-3H3,(H,50,61)/b5-4+,8-6+,9-7+,12-10+,13-11+,16-14+,17-15+/t30-,31-,32?,33?,34?,35?,36?,37-,38?,39-,40+,41-,43?,44-,45-,47-,48?/m0/s1. The second-order valence-corrected chi connectivity index (χ2v) is 17.6. The highest BCUT2D eigenvalue weighted by molar-refractivity contribution is 5.80. The van der Waals surface area contributed by atoms with Crippen molar-refractivity contribution in [1.29, 1.82) is 0 Å². The summed E-state index contributed by atoms with van der Waals surface area (Å²) in [5, 5.41) is 111. The predicted molar refractivity (Wildman–Crippen MR) is 245 cm³/mol. The van der Waals surface area contributed by atoms with Crippen LogP contribution in [-0.4, -0.2) is 181 Å². The van der Waals surface area contributed by atoms with Crippen LogP contribution in [0.3, 0.4) is 0 Å². The van der Waals surface area contributed by atoms with Crippen molar-refractivity contribution in [2.45, 2.75) is 163 Å². The molecule has 0 aromatic rings. The highest BCUT2D eigenvalue weighted by Crippen LogP contribution is 2.38. The SMILES string of the molecule is COCCNC(=O)C1[C@@H]2CC(O[C@@H]3OC[C@@H](O)[C@H](N)[C@@H]3O)/C=C/C=C/C=C/C=C/C=C/C=C/C=C/[C@H](C)[C@@H](O)C[C@H](C)OC(=O)CC(O)CC(O)CCC(O)C(O)CC(O)CC(O)(C[C@@H]1O)O2. The quantitative estimate of drug-likeness (QED) is 0.121. The van der Waals surface area contributed by atoms with Gasteiger partial charge in [0.15, 0.2) is 12.1 Å². The van der Waals surface area contributed by atoms with E-state index in [0.717, 1.165) is 0 Å². The first-order chi connectivity index (χ1) is 31.8. The van der Waals surface area contributed by atoms with Crippen LogP contribution in [0.4, 0.5) is 0 Å². The van der Waals surface area contributed by atoms with Crippen molar-refractivity contribution in [3.8, 4) is 0 Å². The summed E-state index contributed by atoms with van der Waals surface area (Å²) < 4.78 is 28.3. The van der Waals surface area contributed by atoms with Crippen LogP contribution in [0.5, 0.6) is 0 Å². The van der Waals surface area contributed by atoms with Crippen molar-refractivity contribution in [3.63, 3.8) is 0 Å². The Morgan fingerprint density at radius 3 is 1.97 bits per heavy atom. The number of carbonyl (C=O) groups excluding carboxylic acids is 2. The summed E-state index contributed by atoms with van der Waals surface area (Å²) in [6.07, 6.45) is 5.81. The van der Waals surface area contributed by atoms with E-state index in [9.17, 15) is 60.7 Å². The summed E-state index contributed by atoms with van der Waals surface area (Å²) >= 11 is 0. The molecule has 2 bridgehead atoms. The number of methoxy groups -OCH3 is 1. The Balaban J connectivity index is 1.89. The van der Waals surface area contributed by atoms with Crippen LogP contribution in [0.15, 0.2) is 85.1 Å². The number of rotatable bonds is 6. The predicted octanol–water partition coefficient (Wildman–Crippen LogP) is -0.245. The lowest BCUT2D eigenvalue weighted by Crippen LogP contribution is -2.59. The van der Waals surface area contributed by atoms with Crippen LogP contribution in [-0.2, 0) is 33.3 Å². The fourth-order valence-corrected chi connectivity index (χ4v) is 7.90. The van der Waals surface area contributed by atoms with Gasteiger partial charge in [-0.25, -0.2) is 0 Å². The van der Waals surface area contributed by atoms with Gasteiger partial charge in [0.25, 0.3) is 0 Å². The Bertz CT molecular complexity index is 1670. The zero-order valence-electron chi connectivity index (χ0n) is 38.7. The average molecular weight is 953 g/mol. The maximum absolute atomic E-state index is 13.6. The molecule has 0 aromatic carbocycles. The number of amides is 1. The van der Waals surface area contributed by atoms with Crippen molar-refractivity contribution in [3.05, 3.63) is 85.1 Å². The van der Waals surface area contributed by atoms with Crippen molar-refractivity contribution < 1.29 is 84.3 Å². The number of fused-ring (bicyclic) bond motifs is 2. The molecule has 0 aromatic heterocycles. The minimum absolute atomic E-state index is 0.0898. The topological polar surface area (TPSA) is 321 Å². The van der Waals surface area contributed by atoms with Crippen molar-refractivity contribution in [1.82, 2.24) is 5.32 Å². The number of nitrogens with one attached hydrogen (secondary N) is 1. The number of hydrogen-bond donors (Lipinski definition) is 12. The molecule has 380 valence electrons. The van der Waals surface area contributed by atoms with Crippen LogP contribution in [0.2, 0.25) is 0 Å². The van der Waals surface area contributed by atoms with Gasteiger partial charge < -0.3 is 85.8 Å². The number of hydrogen-bond acceptors (Lipinski definition) is 18. The molecule has 2 fully saturated rings. The third-order valence-corrected chi connectivity index (χ3v) is 11.7. The van der Waals surface area contributed by atoms with E-state index in [1.54, 1.807) is 61.6 Å². The van der Waals surface area contributed by atoms with E-state index in [4.69, 9.17) is 29.4 Å². The van der Waals surface area contributed by atoms with Gasteiger partial charge >= 0.3 is 5.97 Å². The van der Waals surface area contributed by atoms with Crippen LogP contribution in [0, 0.1) is 11.8 Å². The fourth-order valence-electron chi connectivity index (χ4n) is 7.90. The Morgan fingerprint density at radius 2 is 1.34 bits per heavy atom. The molecule has 0 radical (unpaired) electrons. The maximum atomic E-state index is 13.6. The van der Waals surface area contributed by atoms with Gasteiger partial charge in [-0.2, -0.15) is 0 Å². The molecule has 3 rings (SSSR count). The average Bonchev–Trinajstić information content (AvgIpc) is 3.24. The Morgan fingerprint density at radius 1 is 0.731 bits per heavy atom. The summed E-state index contributed by atoms with van der Waals surface area (Å²) in [7, 11) is 1.45. The van der Waals surface area contributed by atoms with Crippen molar-refractivity contribution >= 4 is 11.9 Å². The summed E-state index contributed by atoms with van der Waals surface area (Å²) in [5.74, 6) is -5.15. The Hall–Kier alpha value is -3.48. The highest BCUT2D eigenvalue weighted by Gasteiger charge is 2.50. The molecule has 0 spiro atoms. The van der Waals surface area contributed by atoms with Gasteiger partial charge in [-0.3, -0.25) is 9.59 Å². The van der Waals surface area contributed by atoms with Gasteiger partial charge in [0.2, 0.25) is 5.91 Å². The lowest BCUT2D eigenvalue weighted by molar-refractivity contribution is -0.304. The normalized spacial score (nSPS) is 42.2. The molecule has 17 atom stereocenters. The number of cyclic esters (lactones) is 1. The van der Waals surface area contributed by atoms with E-state index in [2.05, 4.69) is 5.32 Å². The summed E-state index contributed by atoms with van der Waals surface area (Å²) in [6.45, 7) is 3.46. The number of carbonyl (C=O) groups is 2. The molecule has 0 saturated carbocycles. The summed E-state index contributed by atoms with van der Waals surface area (Å²) in [5.41, 5.74) is 6.00. The first-order valence-electron chi connectivity index (χ1n) is 23.0. The molecule has 2 saturated heterocycles. The molecule has 13 N–H and O–H groups in total. The van der Waals surface area contributed by atoms with Crippen LogP contribution >= 0.6 is 0 Å². The largest absolute Gasteiger partial charge is 0.462 e. The first kappa shape index (κ1) is 57.8. The number of nitrogens with two attached hydrogens (primary N) is 1. The Kier molecular flexibility index (Phi) is 26.1. The molecule has 3 heterocycles. The van der Waals surface area contributed by atoms with Gasteiger partial charge in [0.05, 0.1) is 92.6 Å². The number of ether oxygens (including phenoxy) is 5. The molecule has 67 heavy (non-hydrogen) atoms. The minimum Gasteiger partial charge on any atom is -0.462 e.